The molecule has 180 valence electrons. The molecular formula is C28H45NO3. The van der Waals surface area contributed by atoms with E-state index in [1.807, 2.05) is 6.92 Å². The zero-order chi connectivity index (χ0) is 23.3. The van der Waals surface area contributed by atoms with Gasteiger partial charge >= 0.3 is 0 Å². The normalized spacial score (nSPS) is 13.4. The van der Waals surface area contributed by atoms with Gasteiger partial charge in [0.2, 0.25) is 0 Å². The summed E-state index contributed by atoms with van der Waals surface area (Å²) in [5.74, 6) is 0.962. The minimum absolute atomic E-state index is 0. The van der Waals surface area contributed by atoms with Crippen molar-refractivity contribution in [2.24, 2.45) is 5.41 Å². The Hall–Kier alpha value is -1.88. The minimum atomic E-state index is -0.0974. The van der Waals surface area contributed by atoms with Crippen LogP contribution in [0.2, 0.25) is 0 Å². The Morgan fingerprint density at radius 1 is 0.938 bits per heavy atom. The molecule has 0 bridgehead atoms. The second-order valence-electron chi connectivity index (χ2n) is 11.3. The molecule has 2 rings (SSSR count). The summed E-state index contributed by atoms with van der Waals surface area (Å²) in [5.41, 5.74) is 4.13. The van der Waals surface area contributed by atoms with Crippen molar-refractivity contribution < 1.29 is 19.4 Å². The predicted molar refractivity (Wildman–Crippen MR) is 133 cm³/mol. The zero-order valence-electron chi connectivity index (χ0n) is 21.7. The van der Waals surface area contributed by atoms with Gasteiger partial charge in [-0.2, -0.15) is 0 Å². The van der Waals surface area contributed by atoms with Gasteiger partial charge < -0.3 is 14.9 Å². The highest BCUT2D eigenvalue weighted by atomic mass is 16.5. The van der Waals surface area contributed by atoms with Gasteiger partial charge in [0.05, 0.1) is 14.1 Å². The largest absolute Gasteiger partial charge is 0.870 e. The average Bonchev–Trinajstić information content (AvgIpc) is 2.64. The molecule has 0 radical (unpaired) electrons. The van der Waals surface area contributed by atoms with Gasteiger partial charge in [0.1, 0.15) is 18.9 Å². The van der Waals surface area contributed by atoms with Crippen LogP contribution >= 0.6 is 0 Å². The first kappa shape index (κ1) is 28.2. The fraction of sp³-hybridized carbons (Fsp3) is 0.571. The van der Waals surface area contributed by atoms with E-state index < -0.39 is 0 Å². The van der Waals surface area contributed by atoms with Crippen LogP contribution in [0.1, 0.15) is 64.7 Å². The number of rotatable bonds is 10. The zero-order valence-corrected chi connectivity index (χ0v) is 21.7. The van der Waals surface area contributed by atoms with Crippen molar-refractivity contribution in [3.63, 3.8) is 0 Å². The van der Waals surface area contributed by atoms with Gasteiger partial charge in [-0.3, -0.25) is 4.48 Å². The number of hydrogen-bond acceptors (Lipinski definition) is 3. The molecule has 4 nitrogen and oxygen atoms in total. The van der Waals surface area contributed by atoms with Crippen molar-refractivity contribution >= 4 is 0 Å². The lowest BCUT2D eigenvalue weighted by Gasteiger charge is -2.38. The highest BCUT2D eigenvalue weighted by Crippen LogP contribution is 2.38. The van der Waals surface area contributed by atoms with Crippen molar-refractivity contribution in [2.45, 2.75) is 73.1 Å². The fourth-order valence-electron chi connectivity index (χ4n) is 4.48. The van der Waals surface area contributed by atoms with Crippen LogP contribution in [0.25, 0.3) is 0 Å². The van der Waals surface area contributed by atoms with Crippen LogP contribution < -0.4 is 4.74 Å². The standard InChI is InChI=1S/C28H44NO2.H2O/c1-10-30-20-26(29(8,9)19-23-14-12-11-13-15-23)31-25-18-24(17-16-22(25)2)28(6,7)21-27(3,4)5;/h11-18,26H,10,19-21H2,1-9H3;1H2/q+1;/p-1. The van der Waals surface area contributed by atoms with E-state index in [-0.39, 0.29) is 22.5 Å². The first-order valence-corrected chi connectivity index (χ1v) is 11.6. The monoisotopic (exact) mass is 443 g/mol. The lowest BCUT2D eigenvalue weighted by atomic mass is 9.72. The third kappa shape index (κ3) is 8.23. The summed E-state index contributed by atoms with van der Waals surface area (Å²) in [4.78, 5) is 0. The van der Waals surface area contributed by atoms with E-state index in [0.717, 1.165) is 24.3 Å². The summed E-state index contributed by atoms with van der Waals surface area (Å²) >= 11 is 0. The van der Waals surface area contributed by atoms with Crippen molar-refractivity contribution in [1.29, 1.82) is 0 Å². The molecule has 1 N–H and O–H groups in total. The van der Waals surface area contributed by atoms with Gasteiger partial charge in [-0.15, -0.1) is 0 Å². The third-order valence-electron chi connectivity index (χ3n) is 5.88. The van der Waals surface area contributed by atoms with Crippen LogP contribution in [-0.2, 0) is 16.7 Å². The van der Waals surface area contributed by atoms with Crippen molar-refractivity contribution in [3.8, 4) is 5.75 Å². The Balaban J connectivity index is 0.00000512. The van der Waals surface area contributed by atoms with Crippen LogP contribution in [-0.4, -0.2) is 43.5 Å². The van der Waals surface area contributed by atoms with Crippen LogP contribution in [0.3, 0.4) is 0 Å². The maximum absolute atomic E-state index is 6.70. The number of likely N-dealkylation sites (N-methyl/N-ethyl adjacent to an activating group) is 1. The number of ether oxygens (including phenoxy) is 2. The predicted octanol–water partition coefficient (Wildman–Crippen LogP) is 6.55. The summed E-state index contributed by atoms with van der Waals surface area (Å²) in [6.07, 6.45) is 1.01. The second-order valence-corrected chi connectivity index (χ2v) is 11.3. The SMILES string of the molecule is CCOCC(Oc1cc(C(C)(C)CC(C)(C)C)ccc1C)[N+](C)(C)Cc1ccccc1.[OH-]. The van der Waals surface area contributed by atoms with Crippen LogP contribution in [0.15, 0.2) is 48.5 Å². The summed E-state index contributed by atoms with van der Waals surface area (Å²) in [6, 6.07) is 17.3. The Morgan fingerprint density at radius 2 is 1.56 bits per heavy atom. The smallest absolute Gasteiger partial charge is 0.256 e. The third-order valence-corrected chi connectivity index (χ3v) is 5.88. The minimum Gasteiger partial charge on any atom is -0.870 e. The molecule has 0 saturated heterocycles. The maximum atomic E-state index is 6.70. The van der Waals surface area contributed by atoms with Gasteiger partial charge in [-0.05, 0) is 48.3 Å². The molecule has 0 aliphatic heterocycles. The summed E-state index contributed by atoms with van der Waals surface area (Å²) in [6.45, 7) is 17.9. The van der Waals surface area contributed by atoms with E-state index in [4.69, 9.17) is 9.47 Å². The molecule has 0 saturated carbocycles. The van der Waals surface area contributed by atoms with Crippen LogP contribution in [0.4, 0.5) is 0 Å². The van der Waals surface area contributed by atoms with Gasteiger partial charge in [0, 0.05) is 12.2 Å². The topological polar surface area (TPSA) is 48.5 Å². The number of hydrogen-bond donors (Lipinski definition) is 0. The molecule has 0 aliphatic carbocycles. The molecule has 0 spiro atoms. The summed E-state index contributed by atoms with van der Waals surface area (Å²) in [5, 5.41) is 0. The second kappa shape index (κ2) is 11.3. The Bertz CT molecular complexity index is 822. The van der Waals surface area contributed by atoms with E-state index in [0.29, 0.717) is 17.7 Å². The molecule has 0 heterocycles. The van der Waals surface area contributed by atoms with E-state index in [1.165, 1.54) is 11.1 Å². The molecular weight excluding hydrogens is 398 g/mol. The van der Waals surface area contributed by atoms with Crippen molar-refractivity contribution in [1.82, 2.24) is 0 Å². The van der Waals surface area contributed by atoms with Gasteiger partial charge in [-0.1, -0.05) is 77.1 Å². The lowest BCUT2D eigenvalue weighted by Crippen LogP contribution is -2.53. The van der Waals surface area contributed by atoms with Gasteiger partial charge in [0.15, 0.2) is 0 Å². The molecule has 0 aliphatic rings. The number of aryl methyl sites for hydroxylation is 1. The van der Waals surface area contributed by atoms with E-state index in [2.05, 4.69) is 104 Å². The molecule has 0 aromatic heterocycles. The highest BCUT2D eigenvalue weighted by molar-refractivity contribution is 5.39. The first-order chi connectivity index (χ1) is 14.3. The maximum Gasteiger partial charge on any atom is 0.256 e. The Morgan fingerprint density at radius 3 is 2.12 bits per heavy atom. The fourth-order valence-corrected chi connectivity index (χ4v) is 4.48. The van der Waals surface area contributed by atoms with Gasteiger partial charge in [-0.25, -0.2) is 0 Å². The number of nitrogens with zero attached hydrogens (tertiary/aromatic N) is 1. The number of benzene rings is 2. The molecule has 2 aromatic rings. The molecule has 0 amide bonds. The van der Waals surface area contributed by atoms with Gasteiger partial charge in [0.25, 0.3) is 6.23 Å². The average molecular weight is 444 g/mol. The van der Waals surface area contributed by atoms with Crippen LogP contribution in [0.5, 0.6) is 5.75 Å². The van der Waals surface area contributed by atoms with Crippen LogP contribution in [0, 0.1) is 12.3 Å². The highest BCUT2D eigenvalue weighted by Gasteiger charge is 2.32. The molecule has 1 unspecified atom stereocenters. The van der Waals surface area contributed by atoms with E-state index >= 15 is 0 Å². The molecule has 4 heteroatoms. The first-order valence-electron chi connectivity index (χ1n) is 11.6. The summed E-state index contributed by atoms with van der Waals surface area (Å²) < 4.78 is 13.2. The molecule has 2 aromatic carbocycles. The Labute approximate surface area is 196 Å². The van der Waals surface area contributed by atoms with E-state index in [1.54, 1.807) is 0 Å². The Kier molecular flexibility index (Phi) is 9.95. The number of quaternary nitrogens is 1. The van der Waals surface area contributed by atoms with Crippen molar-refractivity contribution in [2.75, 3.05) is 27.3 Å². The molecule has 0 fully saturated rings. The summed E-state index contributed by atoms with van der Waals surface area (Å²) in [7, 11) is 4.44. The quantitative estimate of drug-likeness (QED) is 0.309. The van der Waals surface area contributed by atoms with Crippen molar-refractivity contribution in [3.05, 3.63) is 65.2 Å². The van der Waals surface area contributed by atoms with E-state index in [9.17, 15) is 0 Å². The lowest BCUT2D eigenvalue weighted by molar-refractivity contribution is -0.946. The molecule has 32 heavy (non-hydrogen) atoms. The molecule has 1 atom stereocenters.